The summed E-state index contributed by atoms with van der Waals surface area (Å²) in [6, 6.07) is 8.03. The predicted molar refractivity (Wildman–Crippen MR) is 82.6 cm³/mol. The highest BCUT2D eigenvalue weighted by molar-refractivity contribution is 5.86. The van der Waals surface area contributed by atoms with E-state index in [4.69, 9.17) is 9.47 Å². The van der Waals surface area contributed by atoms with Crippen molar-refractivity contribution in [1.29, 1.82) is 0 Å². The Morgan fingerprint density at radius 2 is 2.19 bits per heavy atom. The molecule has 1 heterocycles. The highest BCUT2D eigenvalue weighted by Crippen LogP contribution is 2.31. The standard InChI is InChI=1S/C16H24N2O3/c1-20-11-12-21-10-4-8-18-16(19)14-7-9-17-15-6-3-2-5-13(14)15/h2-3,5-6,14,17H,4,7-12H2,1H3,(H,18,19). The zero-order valence-corrected chi connectivity index (χ0v) is 12.6. The number of nitrogens with one attached hydrogen (secondary N) is 2. The van der Waals surface area contributed by atoms with E-state index in [-0.39, 0.29) is 11.8 Å². The lowest BCUT2D eigenvalue weighted by atomic mass is 9.90. The van der Waals surface area contributed by atoms with Gasteiger partial charge in [-0.15, -0.1) is 0 Å². The van der Waals surface area contributed by atoms with Gasteiger partial charge in [0.15, 0.2) is 0 Å². The molecule has 1 aromatic rings. The SMILES string of the molecule is COCCOCCCNC(=O)C1CCNc2ccccc21. The van der Waals surface area contributed by atoms with Gasteiger partial charge in [0.2, 0.25) is 5.91 Å². The summed E-state index contributed by atoms with van der Waals surface area (Å²) < 4.78 is 10.3. The highest BCUT2D eigenvalue weighted by Gasteiger charge is 2.25. The maximum atomic E-state index is 12.3. The van der Waals surface area contributed by atoms with Gasteiger partial charge in [0, 0.05) is 32.5 Å². The Labute approximate surface area is 126 Å². The van der Waals surface area contributed by atoms with Crippen molar-refractivity contribution in [3.8, 4) is 0 Å². The Morgan fingerprint density at radius 3 is 3.05 bits per heavy atom. The summed E-state index contributed by atoms with van der Waals surface area (Å²) in [7, 11) is 1.65. The molecule has 0 fully saturated rings. The van der Waals surface area contributed by atoms with Crippen molar-refractivity contribution in [2.24, 2.45) is 0 Å². The van der Waals surface area contributed by atoms with E-state index in [9.17, 15) is 4.79 Å². The van der Waals surface area contributed by atoms with Crippen LogP contribution >= 0.6 is 0 Å². The minimum Gasteiger partial charge on any atom is -0.385 e. The molecule has 0 spiro atoms. The number of fused-ring (bicyclic) bond motifs is 1. The van der Waals surface area contributed by atoms with Crippen LogP contribution in [0.3, 0.4) is 0 Å². The van der Waals surface area contributed by atoms with Crippen LogP contribution in [-0.2, 0) is 14.3 Å². The fraction of sp³-hybridized carbons (Fsp3) is 0.562. The second kappa shape index (κ2) is 8.64. The molecule has 2 N–H and O–H groups in total. The average molecular weight is 292 g/mol. The third-order valence-electron chi connectivity index (χ3n) is 3.60. The fourth-order valence-electron chi connectivity index (χ4n) is 2.49. The number of anilines is 1. The van der Waals surface area contributed by atoms with Gasteiger partial charge in [0.05, 0.1) is 19.1 Å². The second-order valence-electron chi connectivity index (χ2n) is 5.11. The maximum absolute atomic E-state index is 12.3. The van der Waals surface area contributed by atoms with Crippen LogP contribution in [-0.4, -0.2) is 45.9 Å². The number of carbonyl (C=O) groups is 1. The molecule has 1 atom stereocenters. The Kier molecular flexibility index (Phi) is 6.50. The number of benzene rings is 1. The van der Waals surface area contributed by atoms with Gasteiger partial charge >= 0.3 is 0 Å². The smallest absolute Gasteiger partial charge is 0.227 e. The van der Waals surface area contributed by atoms with Gasteiger partial charge in [0.25, 0.3) is 0 Å². The van der Waals surface area contributed by atoms with E-state index in [1.54, 1.807) is 7.11 Å². The summed E-state index contributed by atoms with van der Waals surface area (Å²) in [6.07, 6.45) is 1.66. The first-order valence-electron chi connectivity index (χ1n) is 7.50. The van der Waals surface area contributed by atoms with Crippen LogP contribution in [0.25, 0.3) is 0 Å². The maximum Gasteiger partial charge on any atom is 0.227 e. The van der Waals surface area contributed by atoms with Gasteiger partial charge in [-0.1, -0.05) is 18.2 Å². The number of methoxy groups -OCH3 is 1. The zero-order chi connectivity index (χ0) is 14.9. The third kappa shape index (κ3) is 4.72. The number of rotatable bonds is 8. The van der Waals surface area contributed by atoms with Gasteiger partial charge < -0.3 is 20.1 Å². The first kappa shape index (κ1) is 15.8. The van der Waals surface area contributed by atoms with Gasteiger partial charge in [-0.25, -0.2) is 0 Å². The molecular formula is C16H24N2O3. The Balaban J connectivity index is 1.72. The van der Waals surface area contributed by atoms with E-state index in [1.165, 1.54) is 0 Å². The van der Waals surface area contributed by atoms with E-state index in [0.717, 1.165) is 30.6 Å². The molecule has 21 heavy (non-hydrogen) atoms. The van der Waals surface area contributed by atoms with E-state index < -0.39 is 0 Å². The number of amides is 1. The summed E-state index contributed by atoms with van der Waals surface area (Å²) in [5.74, 6) is 0.0673. The van der Waals surface area contributed by atoms with Crippen molar-refractivity contribution in [3.05, 3.63) is 29.8 Å². The van der Waals surface area contributed by atoms with Crippen molar-refractivity contribution in [3.63, 3.8) is 0 Å². The van der Waals surface area contributed by atoms with E-state index in [2.05, 4.69) is 10.6 Å². The Hall–Kier alpha value is -1.59. The zero-order valence-electron chi connectivity index (χ0n) is 12.6. The first-order valence-corrected chi connectivity index (χ1v) is 7.50. The monoisotopic (exact) mass is 292 g/mol. The quantitative estimate of drug-likeness (QED) is 0.717. The number of hydrogen-bond acceptors (Lipinski definition) is 4. The lowest BCUT2D eigenvalue weighted by Crippen LogP contribution is -2.33. The molecule has 116 valence electrons. The molecule has 0 saturated carbocycles. The highest BCUT2D eigenvalue weighted by atomic mass is 16.5. The van der Waals surface area contributed by atoms with Crippen molar-refractivity contribution >= 4 is 11.6 Å². The van der Waals surface area contributed by atoms with E-state index in [0.29, 0.717) is 26.4 Å². The molecule has 0 aliphatic carbocycles. The molecule has 0 saturated heterocycles. The molecule has 0 radical (unpaired) electrons. The minimum absolute atomic E-state index is 0.0446. The van der Waals surface area contributed by atoms with Crippen LogP contribution in [0.2, 0.25) is 0 Å². The molecule has 5 nitrogen and oxygen atoms in total. The first-order chi connectivity index (χ1) is 10.3. The number of carbonyl (C=O) groups excluding carboxylic acids is 1. The molecule has 1 aliphatic rings. The van der Waals surface area contributed by atoms with Crippen molar-refractivity contribution in [1.82, 2.24) is 5.32 Å². The van der Waals surface area contributed by atoms with Crippen LogP contribution < -0.4 is 10.6 Å². The van der Waals surface area contributed by atoms with Crippen molar-refractivity contribution < 1.29 is 14.3 Å². The number of hydrogen-bond donors (Lipinski definition) is 2. The topological polar surface area (TPSA) is 59.6 Å². The number of ether oxygens (including phenoxy) is 2. The van der Waals surface area contributed by atoms with Gasteiger partial charge in [-0.05, 0) is 24.5 Å². The van der Waals surface area contributed by atoms with Gasteiger partial charge in [-0.3, -0.25) is 4.79 Å². The second-order valence-corrected chi connectivity index (χ2v) is 5.11. The molecule has 5 heteroatoms. The van der Waals surface area contributed by atoms with Crippen LogP contribution in [0.15, 0.2) is 24.3 Å². The van der Waals surface area contributed by atoms with Crippen LogP contribution in [0.4, 0.5) is 5.69 Å². The summed E-state index contributed by atoms with van der Waals surface area (Å²) in [4.78, 5) is 12.3. The molecule has 1 aromatic carbocycles. The molecule has 0 aromatic heterocycles. The molecule has 1 aliphatic heterocycles. The molecular weight excluding hydrogens is 268 g/mol. The lowest BCUT2D eigenvalue weighted by Gasteiger charge is -2.25. The third-order valence-corrected chi connectivity index (χ3v) is 3.60. The van der Waals surface area contributed by atoms with Crippen LogP contribution in [0.5, 0.6) is 0 Å². The van der Waals surface area contributed by atoms with Crippen LogP contribution in [0, 0.1) is 0 Å². The van der Waals surface area contributed by atoms with Crippen LogP contribution in [0.1, 0.15) is 24.3 Å². The summed E-state index contributed by atoms with van der Waals surface area (Å²) in [5, 5.41) is 6.34. The minimum atomic E-state index is -0.0446. The normalized spacial score (nSPS) is 16.9. The average Bonchev–Trinajstić information content (AvgIpc) is 2.53. The molecule has 1 unspecified atom stereocenters. The van der Waals surface area contributed by atoms with E-state index >= 15 is 0 Å². The van der Waals surface area contributed by atoms with Crippen molar-refractivity contribution in [2.45, 2.75) is 18.8 Å². The molecule has 1 amide bonds. The number of para-hydroxylation sites is 1. The molecule has 2 rings (SSSR count). The Morgan fingerprint density at radius 1 is 1.33 bits per heavy atom. The van der Waals surface area contributed by atoms with Gasteiger partial charge in [0.1, 0.15) is 0 Å². The summed E-state index contributed by atoms with van der Waals surface area (Å²) in [5.41, 5.74) is 2.17. The largest absolute Gasteiger partial charge is 0.385 e. The van der Waals surface area contributed by atoms with E-state index in [1.807, 2.05) is 24.3 Å². The fourth-order valence-corrected chi connectivity index (χ4v) is 2.49. The summed E-state index contributed by atoms with van der Waals surface area (Å²) in [6.45, 7) is 3.35. The predicted octanol–water partition coefficient (Wildman–Crippen LogP) is 1.76. The summed E-state index contributed by atoms with van der Waals surface area (Å²) >= 11 is 0. The Bertz CT molecular complexity index is 451. The van der Waals surface area contributed by atoms with Gasteiger partial charge in [-0.2, -0.15) is 0 Å². The lowest BCUT2D eigenvalue weighted by molar-refractivity contribution is -0.122. The molecule has 0 bridgehead atoms. The van der Waals surface area contributed by atoms with Crippen molar-refractivity contribution in [2.75, 3.05) is 45.3 Å².